The fraction of sp³-hybridized carbons (Fsp3) is 0.667. The Hall–Kier alpha value is -1.24. The van der Waals surface area contributed by atoms with Crippen LogP contribution in [0.5, 0.6) is 0 Å². The number of hydrogen-bond acceptors (Lipinski definition) is 5. The molecule has 5 nitrogen and oxygen atoms in total. The maximum Gasteiger partial charge on any atom is 0.187 e. The Kier molecular flexibility index (Phi) is 4.70. The number of quaternary nitrogens is 1. The van der Waals surface area contributed by atoms with Crippen molar-refractivity contribution in [2.45, 2.75) is 39.7 Å². The molecule has 2 aliphatic rings. The van der Waals surface area contributed by atoms with Gasteiger partial charge in [0.15, 0.2) is 5.82 Å². The van der Waals surface area contributed by atoms with E-state index in [-0.39, 0.29) is 0 Å². The number of rotatable bonds is 3. The van der Waals surface area contributed by atoms with Crippen LogP contribution >= 0.6 is 11.3 Å². The second kappa shape index (κ2) is 6.94. The molecule has 2 aromatic heterocycles. The first-order valence-corrected chi connectivity index (χ1v) is 9.97. The van der Waals surface area contributed by atoms with Gasteiger partial charge in [0.05, 0.1) is 18.6 Å². The first-order valence-electron chi connectivity index (χ1n) is 9.15. The molecule has 0 aromatic carbocycles. The zero-order valence-electron chi connectivity index (χ0n) is 14.7. The van der Waals surface area contributed by atoms with Crippen molar-refractivity contribution in [1.29, 1.82) is 0 Å². The lowest BCUT2D eigenvalue weighted by molar-refractivity contribution is -0.922. The normalized spacial score (nSPS) is 20.0. The Labute approximate surface area is 147 Å². The summed E-state index contributed by atoms with van der Waals surface area (Å²) in [6, 6.07) is 0. The lowest BCUT2D eigenvalue weighted by Gasteiger charge is -2.29. The van der Waals surface area contributed by atoms with Crippen molar-refractivity contribution in [1.82, 2.24) is 9.97 Å². The summed E-state index contributed by atoms with van der Waals surface area (Å²) in [6.07, 6.45) is 3.90. The topological polar surface area (TPSA) is 42.7 Å². The van der Waals surface area contributed by atoms with E-state index in [0.29, 0.717) is 0 Å². The van der Waals surface area contributed by atoms with E-state index in [1.807, 2.05) is 11.3 Å². The van der Waals surface area contributed by atoms with Crippen LogP contribution < -0.4 is 9.80 Å². The number of hydrogen-bond donors (Lipinski definition) is 1. The highest BCUT2D eigenvalue weighted by molar-refractivity contribution is 7.18. The van der Waals surface area contributed by atoms with Gasteiger partial charge in [-0.05, 0) is 38.7 Å². The van der Waals surface area contributed by atoms with Gasteiger partial charge in [-0.25, -0.2) is 9.97 Å². The molecule has 130 valence electrons. The van der Waals surface area contributed by atoms with Gasteiger partial charge in [-0.3, -0.25) is 0 Å². The molecule has 2 fully saturated rings. The van der Waals surface area contributed by atoms with Crippen LogP contribution in [0.4, 0.5) is 5.82 Å². The van der Waals surface area contributed by atoms with Crippen LogP contribution in [0.25, 0.3) is 10.2 Å². The van der Waals surface area contributed by atoms with Gasteiger partial charge in [-0.1, -0.05) is 0 Å². The minimum atomic E-state index is 0.855. The van der Waals surface area contributed by atoms with Gasteiger partial charge < -0.3 is 14.5 Å². The molecule has 0 amide bonds. The molecule has 4 heterocycles. The first kappa shape index (κ1) is 16.2. The molecule has 0 atom stereocenters. The predicted molar refractivity (Wildman–Crippen MR) is 98.2 cm³/mol. The van der Waals surface area contributed by atoms with Gasteiger partial charge in [0.25, 0.3) is 0 Å². The third-order valence-electron chi connectivity index (χ3n) is 5.32. The van der Waals surface area contributed by atoms with E-state index in [0.717, 1.165) is 51.8 Å². The Morgan fingerprint density at radius 1 is 1.08 bits per heavy atom. The molecule has 2 aromatic rings. The highest BCUT2D eigenvalue weighted by atomic mass is 32.1. The summed E-state index contributed by atoms with van der Waals surface area (Å²) in [5.74, 6) is 2.19. The van der Waals surface area contributed by atoms with E-state index < -0.39 is 0 Å². The van der Waals surface area contributed by atoms with Gasteiger partial charge >= 0.3 is 0 Å². The molecule has 2 aliphatic heterocycles. The average Bonchev–Trinajstić information content (AvgIpc) is 2.90. The van der Waals surface area contributed by atoms with Crippen molar-refractivity contribution in [3.05, 3.63) is 16.3 Å². The largest absolute Gasteiger partial charge is 0.370 e. The summed E-state index contributed by atoms with van der Waals surface area (Å²) >= 11 is 1.82. The van der Waals surface area contributed by atoms with Crippen LogP contribution in [0, 0.1) is 13.8 Å². The maximum atomic E-state index is 5.48. The number of piperidine rings is 1. The Bertz CT molecular complexity index is 717. The molecule has 0 spiro atoms. The third kappa shape index (κ3) is 3.15. The fourth-order valence-corrected chi connectivity index (χ4v) is 4.79. The summed E-state index contributed by atoms with van der Waals surface area (Å²) in [7, 11) is 0. The summed E-state index contributed by atoms with van der Waals surface area (Å²) in [6.45, 7) is 11.4. The predicted octanol–water partition coefficient (Wildman–Crippen LogP) is 1.71. The van der Waals surface area contributed by atoms with E-state index in [1.165, 1.54) is 50.6 Å². The Balaban J connectivity index is 1.72. The van der Waals surface area contributed by atoms with Crippen molar-refractivity contribution in [3.8, 4) is 0 Å². The summed E-state index contributed by atoms with van der Waals surface area (Å²) in [5.41, 5.74) is 1.36. The number of aromatic nitrogens is 2. The molecule has 4 rings (SSSR count). The minimum absolute atomic E-state index is 0.855. The molecule has 0 unspecified atom stereocenters. The number of thiophene rings is 1. The smallest absolute Gasteiger partial charge is 0.187 e. The van der Waals surface area contributed by atoms with Crippen molar-refractivity contribution < 1.29 is 9.64 Å². The molecule has 0 radical (unpaired) electrons. The van der Waals surface area contributed by atoms with Gasteiger partial charge in [0.1, 0.15) is 30.3 Å². The quantitative estimate of drug-likeness (QED) is 0.918. The maximum absolute atomic E-state index is 5.48. The standard InChI is InChI=1S/C18H26N4OS/c1-13-14(2)24-18-16(13)17(22-6-4-3-5-7-22)19-15(20-18)12-21-8-10-23-11-9-21/h3-12H2,1-2H3/p+1. The van der Waals surface area contributed by atoms with E-state index in [4.69, 9.17) is 14.7 Å². The van der Waals surface area contributed by atoms with Crippen LogP contribution in [0.1, 0.15) is 35.5 Å². The number of nitrogens with one attached hydrogen (secondary N) is 1. The van der Waals surface area contributed by atoms with Crippen LogP contribution in [-0.4, -0.2) is 49.4 Å². The van der Waals surface area contributed by atoms with Gasteiger partial charge in [-0.2, -0.15) is 0 Å². The number of aryl methyl sites for hydroxylation is 2. The van der Waals surface area contributed by atoms with E-state index in [9.17, 15) is 0 Å². The SMILES string of the molecule is Cc1sc2nc(C[NH+]3CCOCC3)nc(N3CCCCC3)c2c1C. The Morgan fingerprint density at radius 2 is 1.83 bits per heavy atom. The molecule has 2 saturated heterocycles. The fourth-order valence-electron chi connectivity index (χ4n) is 3.75. The van der Waals surface area contributed by atoms with E-state index >= 15 is 0 Å². The number of nitrogens with zero attached hydrogens (tertiary/aromatic N) is 3. The van der Waals surface area contributed by atoms with Crippen molar-refractivity contribution >= 4 is 27.4 Å². The molecule has 0 saturated carbocycles. The van der Waals surface area contributed by atoms with Crippen LogP contribution in [0.2, 0.25) is 0 Å². The third-order valence-corrected chi connectivity index (χ3v) is 6.42. The Morgan fingerprint density at radius 3 is 2.58 bits per heavy atom. The monoisotopic (exact) mass is 347 g/mol. The zero-order chi connectivity index (χ0) is 16.5. The van der Waals surface area contributed by atoms with Crippen molar-refractivity contribution in [2.24, 2.45) is 0 Å². The molecule has 6 heteroatoms. The molecule has 0 bridgehead atoms. The second-order valence-electron chi connectivity index (χ2n) is 7.01. The number of ether oxygens (including phenoxy) is 1. The number of fused-ring (bicyclic) bond motifs is 1. The van der Waals surface area contributed by atoms with Gasteiger partial charge in [0, 0.05) is 18.0 Å². The zero-order valence-corrected chi connectivity index (χ0v) is 15.5. The molecular formula is C18H27N4OS+. The summed E-state index contributed by atoms with van der Waals surface area (Å²) in [5, 5.41) is 1.29. The molecule has 1 N–H and O–H groups in total. The number of anilines is 1. The summed E-state index contributed by atoms with van der Waals surface area (Å²) in [4.78, 5) is 16.5. The minimum Gasteiger partial charge on any atom is -0.370 e. The van der Waals surface area contributed by atoms with E-state index in [2.05, 4.69) is 18.7 Å². The van der Waals surface area contributed by atoms with Crippen molar-refractivity contribution in [3.63, 3.8) is 0 Å². The molecular weight excluding hydrogens is 320 g/mol. The van der Waals surface area contributed by atoms with Gasteiger partial charge in [-0.15, -0.1) is 11.3 Å². The highest BCUT2D eigenvalue weighted by Crippen LogP contribution is 2.35. The second-order valence-corrected chi connectivity index (χ2v) is 8.22. The summed E-state index contributed by atoms with van der Waals surface area (Å²) < 4.78 is 5.48. The van der Waals surface area contributed by atoms with Gasteiger partial charge in [0.2, 0.25) is 0 Å². The molecule has 24 heavy (non-hydrogen) atoms. The lowest BCUT2D eigenvalue weighted by Crippen LogP contribution is -3.12. The van der Waals surface area contributed by atoms with E-state index in [1.54, 1.807) is 0 Å². The van der Waals surface area contributed by atoms with Crippen LogP contribution in [-0.2, 0) is 11.3 Å². The highest BCUT2D eigenvalue weighted by Gasteiger charge is 2.23. The lowest BCUT2D eigenvalue weighted by atomic mass is 10.1. The molecule has 0 aliphatic carbocycles. The average molecular weight is 348 g/mol. The van der Waals surface area contributed by atoms with Crippen molar-refractivity contribution in [2.75, 3.05) is 44.3 Å². The number of morpholine rings is 1. The van der Waals surface area contributed by atoms with Crippen LogP contribution in [0.3, 0.4) is 0 Å². The van der Waals surface area contributed by atoms with Crippen LogP contribution in [0.15, 0.2) is 0 Å². The first-order chi connectivity index (χ1) is 11.7.